The molecule has 0 unspecified atom stereocenters. The molecule has 1 saturated heterocycles. The van der Waals surface area contributed by atoms with Crippen LogP contribution in [0.2, 0.25) is 0 Å². The summed E-state index contributed by atoms with van der Waals surface area (Å²) >= 11 is 0. The number of fused-ring (bicyclic) bond motifs is 1. The molecule has 1 aliphatic heterocycles. The van der Waals surface area contributed by atoms with Crippen LogP contribution in [0.25, 0.3) is 33.3 Å². The molecule has 3 aromatic heterocycles. The van der Waals surface area contributed by atoms with Crippen molar-refractivity contribution in [3.8, 4) is 22.4 Å². The molecule has 1 aromatic carbocycles. The summed E-state index contributed by atoms with van der Waals surface area (Å²) in [4.78, 5) is 16.2. The molecule has 5 nitrogen and oxygen atoms in total. The highest BCUT2D eigenvalue weighted by Gasteiger charge is 2.32. The first-order valence-electron chi connectivity index (χ1n) is 11.7. The number of aryl methyl sites for hydroxylation is 3. The molecular formula is C27H28F3N5. The van der Waals surface area contributed by atoms with E-state index in [-0.39, 0.29) is 0 Å². The number of aromatic amines is 1. The zero-order valence-corrected chi connectivity index (χ0v) is 20.1. The average molecular weight is 480 g/mol. The van der Waals surface area contributed by atoms with Crippen molar-refractivity contribution in [2.24, 2.45) is 0 Å². The molecule has 0 aliphatic carbocycles. The minimum Gasteiger partial charge on any atom is -0.354 e. The fraction of sp³-hybridized carbons (Fsp3) is 0.333. The van der Waals surface area contributed by atoms with Crippen molar-refractivity contribution in [2.75, 3.05) is 37.6 Å². The predicted molar refractivity (Wildman–Crippen MR) is 134 cm³/mol. The second-order valence-corrected chi connectivity index (χ2v) is 9.31. The number of alkyl halides is 3. The summed E-state index contributed by atoms with van der Waals surface area (Å²) < 4.78 is 37.9. The smallest absolute Gasteiger partial charge is 0.354 e. The predicted octanol–water partition coefficient (Wildman–Crippen LogP) is 5.90. The lowest BCUT2D eigenvalue weighted by Crippen LogP contribution is -2.49. The number of anilines is 1. The molecule has 5 rings (SSSR count). The van der Waals surface area contributed by atoms with E-state index in [0.717, 1.165) is 45.1 Å². The van der Waals surface area contributed by atoms with Crippen molar-refractivity contribution in [2.45, 2.75) is 26.9 Å². The van der Waals surface area contributed by atoms with Crippen LogP contribution in [0.15, 0.2) is 48.7 Å². The molecule has 4 heterocycles. The molecule has 4 aromatic rings. The Bertz CT molecular complexity index is 1330. The van der Waals surface area contributed by atoms with Crippen LogP contribution in [0.3, 0.4) is 0 Å². The van der Waals surface area contributed by atoms with Gasteiger partial charge in [0.05, 0.1) is 6.54 Å². The van der Waals surface area contributed by atoms with E-state index in [1.807, 2.05) is 37.1 Å². The van der Waals surface area contributed by atoms with Gasteiger partial charge in [-0.2, -0.15) is 13.2 Å². The fourth-order valence-electron chi connectivity index (χ4n) is 4.92. The standard InChI is InChI=1S/C27H28F3N5/c1-17-12-22(13-18(2)32-17)26-19(3)23-6-4-20(14-24(23)33-26)21-5-7-25(31-15-21)35-10-8-34(9-11-35)16-27(28,29)30/h4-7,12-15,33H,8-11,16H2,1-3H3. The van der Waals surface area contributed by atoms with Gasteiger partial charge in [-0.25, -0.2) is 4.98 Å². The lowest BCUT2D eigenvalue weighted by atomic mass is 10.0. The van der Waals surface area contributed by atoms with Crippen molar-refractivity contribution in [1.29, 1.82) is 0 Å². The van der Waals surface area contributed by atoms with E-state index in [0.29, 0.717) is 26.2 Å². The van der Waals surface area contributed by atoms with E-state index in [1.165, 1.54) is 15.8 Å². The lowest BCUT2D eigenvalue weighted by molar-refractivity contribution is -0.146. The van der Waals surface area contributed by atoms with Crippen molar-refractivity contribution in [3.05, 3.63) is 65.6 Å². The van der Waals surface area contributed by atoms with Crippen LogP contribution in [0, 0.1) is 20.8 Å². The normalized spacial score (nSPS) is 15.2. The third-order valence-corrected chi connectivity index (χ3v) is 6.61. The van der Waals surface area contributed by atoms with Crippen LogP contribution < -0.4 is 4.90 Å². The van der Waals surface area contributed by atoms with E-state index >= 15 is 0 Å². The van der Waals surface area contributed by atoms with Gasteiger partial charge in [0.25, 0.3) is 0 Å². The summed E-state index contributed by atoms with van der Waals surface area (Å²) in [5, 5.41) is 1.18. The van der Waals surface area contributed by atoms with E-state index < -0.39 is 12.7 Å². The number of piperazine rings is 1. The molecule has 182 valence electrons. The Labute approximate surface area is 202 Å². The molecule has 1 fully saturated rings. The van der Waals surface area contributed by atoms with Gasteiger partial charge in [0.1, 0.15) is 5.82 Å². The SMILES string of the molecule is Cc1cc(-c2[nH]c3cc(-c4ccc(N5CCN(CC(F)(F)F)CC5)nc4)ccc3c2C)cc(C)n1. The minimum atomic E-state index is -4.15. The summed E-state index contributed by atoms with van der Waals surface area (Å²) in [6.07, 6.45) is -2.32. The minimum absolute atomic E-state index is 0.380. The first kappa shape index (κ1) is 23.4. The molecule has 0 atom stereocenters. The van der Waals surface area contributed by atoms with Crippen molar-refractivity contribution in [1.82, 2.24) is 19.9 Å². The molecule has 0 bridgehead atoms. The summed E-state index contributed by atoms with van der Waals surface area (Å²) in [6, 6.07) is 14.5. The highest BCUT2D eigenvalue weighted by atomic mass is 19.4. The molecule has 0 spiro atoms. The Morgan fingerprint density at radius 2 is 1.54 bits per heavy atom. The van der Waals surface area contributed by atoms with Crippen LogP contribution in [0.5, 0.6) is 0 Å². The molecule has 0 radical (unpaired) electrons. The molecule has 35 heavy (non-hydrogen) atoms. The van der Waals surface area contributed by atoms with Crippen molar-refractivity contribution in [3.63, 3.8) is 0 Å². The van der Waals surface area contributed by atoms with Gasteiger partial charge in [0.15, 0.2) is 0 Å². The van der Waals surface area contributed by atoms with Gasteiger partial charge in [0.2, 0.25) is 0 Å². The van der Waals surface area contributed by atoms with E-state index in [2.05, 4.69) is 52.2 Å². The Morgan fingerprint density at radius 1 is 0.857 bits per heavy atom. The van der Waals surface area contributed by atoms with Gasteiger partial charge in [-0.3, -0.25) is 9.88 Å². The van der Waals surface area contributed by atoms with Crippen molar-refractivity contribution < 1.29 is 13.2 Å². The van der Waals surface area contributed by atoms with Gasteiger partial charge >= 0.3 is 6.18 Å². The van der Waals surface area contributed by atoms with Crippen molar-refractivity contribution >= 4 is 16.7 Å². The zero-order valence-electron chi connectivity index (χ0n) is 20.1. The number of H-pyrrole nitrogens is 1. The van der Waals surface area contributed by atoms with Gasteiger partial charge < -0.3 is 9.88 Å². The number of aromatic nitrogens is 3. The molecule has 0 saturated carbocycles. The third-order valence-electron chi connectivity index (χ3n) is 6.61. The maximum absolute atomic E-state index is 12.6. The number of nitrogens with one attached hydrogen (secondary N) is 1. The average Bonchev–Trinajstić information content (AvgIpc) is 3.14. The summed E-state index contributed by atoms with van der Waals surface area (Å²) in [7, 11) is 0. The lowest BCUT2D eigenvalue weighted by Gasteiger charge is -2.35. The van der Waals surface area contributed by atoms with Gasteiger partial charge in [-0.05, 0) is 62.2 Å². The maximum Gasteiger partial charge on any atom is 0.401 e. The highest BCUT2D eigenvalue weighted by Crippen LogP contribution is 2.33. The van der Waals surface area contributed by atoms with E-state index in [4.69, 9.17) is 0 Å². The molecule has 1 aliphatic rings. The van der Waals surface area contributed by atoms with Gasteiger partial charge in [0, 0.05) is 71.5 Å². The van der Waals surface area contributed by atoms with Crippen LogP contribution >= 0.6 is 0 Å². The van der Waals surface area contributed by atoms with E-state index in [1.54, 1.807) is 0 Å². The zero-order chi connectivity index (χ0) is 24.7. The van der Waals surface area contributed by atoms with Gasteiger partial charge in [-0.1, -0.05) is 12.1 Å². The van der Waals surface area contributed by atoms with E-state index in [9.17, 15) is 13.2 Å². The Morgan fingerprint density at radius 3 is 2.17 bits per heavy atom. The Hall–Kier alpha value is -3.39. The van der Waals surface area contributed by atoms with Crippen LogP contribution in [0.1, 0.15) is 17.0 Å². The Kier molecular flexibility index (Phi) is 6.01. The first-order chi connectivity index (χ1) is 16.7. The molecular weight excluding hydrogens is 451 g/mol. The molecule has 0 amide bonds. The third kappa shape index (κ3) is 5.03. The number of hydrogen-bond acceptors (Lipinski definition) is 4. The summed E-state index contributed by atoms with van der Waals surface area (Å²) in [5.74, 6) is 0.794. The number of pyridine rings is 2. The number of rotatable bonds is 4. The number of halogens is 3. The quantitative estimate of drug-likeness (QED) is 0.396. The number of nitrogens with zero attached hydrogens (tertiary/aromatic N) is 4. The maximum atomic E-state index is 12.6. The first-order valence-corrected chi connectivity index (χ1v) is 11.7. The summed E-state index contributed by atoms with van der Waals surface area (Å²) in [5.41, 5.74) is 8.53. The fourth-order valence-corrected chi connectivity index (χ4v) is 4.92. The second-order valence-electron chi connectivity index (χ2n) is 9.31. The highest BCUT2D eigenvalue weighted by molar-refractivity contribution is 5.93. The molecule has 1 N–H and O–H groups in total. The number of benzene rings is 1. The van der Waals surface area contributed by atoms with Crippen LogP contribution in [0.4, 0.5) is 19.0 Å². The van der Waals surface area contributed by atoms with Crippen LogP contribution in [-0.4, -0.2) is 58.8 Å². The molecule has 8 heteroatoms. The largest absolute Gasteiger partial charge is 0.401 e. The second kappa shape index (κ2) is 9.00. The van der Waals surface area contributed by atoms with Crippen LogP contribution in [-0.2, 0) is 0 Å². The summed E-state index contributed by atoms with van der Waals surface area (Å²) in [6.45, 7) is 7.12. The Balaban J connectivity index is 1.34. The van der Waals surface area contributed by atoms with Gasteiger partial charge in [-0.15, -0.1) is 0 Å². The number of hydrogen-bond donors (Lipinski definition) is 1. The monoisotopic (exact) mass is 479 g/mol. The topological polar surface area (TPSA) is 48.1 Å².